The van der Waals surface area contributed by atoms with E-state index in [-0.39, 0.29) is 31.1 Å². The summed E-state index contributed by atoms with van der Waals surface area (Å²) in [5, 5.41) is 0. The van der Waals surface area contributed by atoms with E-state index in [4.69, 9.17) is 14.2 Å². The third-order valence-electron chi connectivity index (χ3n) is 12.9. The molecule has 0 heterocycles. The molecule has 0 saturated heterocycles. The van der Waals surface area contributed by atoms with Gasteiger partial charge in [-0.05, 0) is 109 Å². The van der Waals surface area contributed by atoms with Gasteiger partial charge in [-0.2, -0.15) is 0 Å². The number of carbonyl (C=O) groups is 3. The lowest BCUT2D eigenvalue weighted by molar-refractivity contribution is -0.167. The average molecular weight is 978 g/mol. The molecule has 70 heavy (non-hydrogen) atoms. The third kappa shape index (κ3) is 55.8. The first-order valence-electron chi connectivity index (χ1n) is 29.9. The smallest absolute Gasteiger partial charge is 0.306 e. The monoisotopic (exact) mass is 977 g/mol. The Morgan fingerprint density at radius 2 is 0.543 bits per heavy atom. The molecule has 0 fully saturated rings. The minimum absolute atomic E-state index is 0.0861. The van der Waals surface area contributed by atoms with Crippen LogP contribution in [0, 0.1) is 0 Å². The summed E-state index contributed by atoms with van der Waals surface area (Å²) in [5.41, 5.74) is 0. The van der Waals surface area contributed by atoms with Gasteiger partial charge in [-0.25, -0.2) is 0 Å². The zero-order valence-electron chi connectivity index (χ0n) is 46.3. The van der Waals surface area contributed by atoms with E-state index in [9.17, 15) is 14.4 Å². The summed E-state index contributed by atoms with van der Waals surface area (Å²) >= 11 is 0. The van der Waals surface area contributed by atoms with Gasteiger partial charge in [0.25, 0.3) is 0 Å². The fourth-order valence-corrected chi connectivity index (χ4v) is 8.36. The molecule has 0 N–H and O–H groups in total. The highest BCUT2D eigenvalue weighted by Crippen LogP contribution is 2.15. The molecule has 0 rings (SSSR count). The summed E-state index contributed by atoms with van der Waals surface area (Å²) in [6.07, 6.45) is 74.7. The van der Waals surface area contributed by atoms with Crippen molar-refractivity contribution < 1.29 is 28.6 Å². The lowest BCUT2D eigenvalue weighted by Gasteiger charge is -2.18. The number of unbranched alkanes of at least 4 members (excludes halogenated alkanes) is 31. The quantitative estimate of drug-likeness (QED) is 0.0261. The molecule has 1 unspecified atom stereocenters. The largest absolute Gasteiger partial charge is 0.462 e. The van der Waals surface area contributed by atoms with Crippen LogP contribution in [0.3, 0.4) is 0 Å². The molecule has 0 aromatic rings. The maximum absolute atomic E-state index is 12.9. The maximum Gasteiger partial charge on any atom is 0.306 e. The van der Waals surface area contributed by atoms with Gasteiger partial charge in [0.05, 0.1) is 0 Å². The van der Waals surface area contributed by atoms with E-state index in [1.54, 1.807) is 0 Å². The molecule has 0 aliphatic heterocycles. The van der Waals surface area contributed by atoms with Gasteiger partial charge in [0.15, 0.2) is 6.10 Å². The first kappa shape index (κ1) is 66.9. The molecule has 0 bridgehead atoms. The van der Waals surface area contributed by atoms with Gasteiger partial charge in [-0.15, -0.1) is 0 Å². The Morgan fingerprint density at radius 1 is 0.286 bits per heavy atom. The van der Waals surface area contributed by atoms with Gasteiger partial charge in [0.2, 0.25) is 0 Å². The minimum atomic E-state index is -0.790. The highest BCUT2D eigenvalue weighted by atomic mass is 16.6. The van der Waals surface area contributed by atoms with E-state index in [0.717, 1.165) is 122 Å². The van der Waals surface area contributed by atoms with Crippen molar-refractivity contribution in [3.05, 3.63) is 72.9 Å². The molecular formula is C64H112O6. The van der Waals surface area contributed by atoms with Crippen molar-refractivity contribution >= 4 is 17.9 Å². The van der Waals surface area contributed by atoms with Crippen LogP contribution < -0.4 is 0 Å². The van der Waals surface area contributed by atoms with Crippen molar-refractivity contribution in [1.29, 1.82) is 0 Å². The van der Waals surface area contributed by atoms with E-state index >= 15 is 0 Å². The fourth-order valence-electron chi connectivity index (χ4n) is 8.36. The molecule has 0 aromatic heterocycles. The van der Waals surface area contributed by atoms with Gasteiger partial charge >= 0.3 is 17.9 Å². The van der Waals surface area contributed by atoms with Crippen LogP contribution in [0.1, 0.15) is 297 Å². The Hall–Kier alpha value is -3.15. The molecule has 0 aliphatic carbocycles. The standard InChI is InChI=1S/C64H112O6/c1-4-7-10-13-16-19-22-25-27-29-30-31-32-33-34-35-37-39-42-45-48-51-54-57-63(66)69-60-61(59-68-62(65)56-53-50-47-44-41-38-24-21-18-15-12-9-6-3)70-64(67)58-55-52-49-46-43-40-36-28-26-23-20-17-14-11-8-5-2/h12,15,20-25,28-30,36,61H,4-11,13-14,16-19,26-27,31-35,37-60H2,1-3H3/b15-12-,23-20-,24-21-,25-22-,30-29-,36-28-. The SMILES string of the molecule is CCC/C=C\C/C=C\CCCCCCCC(=O)OCC(COC(=O)CCCCCCCCCCCCC/C=C\C/C=C\CCCCCCC)OC(=O)CCCCCCC/C=C\C/C=C\CCCCCC. The number of hydrogen-bond donors (Lipinski definition) is 0. The Kier molecular flexibility index (Phi) is 55.8. The van der Waals surface area contributed by atoms with Crippen molar-refractivity contribution in [3.63, 3.8) is 0 Å². The molecule has 0 aliphatic rings. The summed E-state index contributed by atoms with van der Waals surface area (Å²) in [6.45, 7) is 6.54. The topological polar surface area (TPSA) is 78.9 Å². The molecular weight excluding hydrogens is 865 g/mol. The summed E-state index contributed by atoms with van der Waals surface area (Å²) in [5.74, 6) is -0.908. The summed E-state index contributed by atoms with van der Waals surface area (Å²) in [4.78, 5) is 38.2. The lowest BCUT2D eigenvalue weighted by Crippen LogP contribution is -2.30. The Bertz CT molecular complexity index is 1310. The number of hydrogen-bond acceptors (Lipinski definition) is 6. The molecule has 0 saturated carbocycles. The number of ether oxygens (including phenoxy) is 3. The van der Waals surface area contributed by atoms with Gasteiger partial charge in [-0.3, -0.25) is 14.4 Å². The summed E-state index contributed by atoms with van der Waals surface area (Å²) in [7, 11) is 0. The van der Waals surface area contributed by atoms with Crippen molar-refractivity contribution in [2.24, 2.45) is 0 Å². The molecule has 6 nitrogen and oxygen atoms in total. The van der Waals surface area contributed by atoms with E-state index < -0.39 is 6.10 Å². The predicted octanol–water partition coefficient (Wildman–Crippen LogP) is 20.2. The van der Waals surface area contributed by atoms with Crippen LogP contribution in [0.4, 0.5) is 0 Å². The molecule has 1 atom stereocenters. The zero-order chi connectivity index (χ0) is 50.7. The van der Waals surface area contributed by atoms with Crippen LogP contribution in [0.25, 0.3) is 0 Å². The highest BCUT2D eigenvalue weighted by Gasteiger charge is 2.19. The van der Waals surface area contributed by atoms with Crippen molar-refractivity contribution in [2.75, 3.05) is 13.2 Å². The number of allylic oxidation sites excluding steroid dienone is 12. The molecule has 0 aromatic carbocycles. The Labute approximate surface area is 433 Å². The highest BCUT2D eigenvalue weighted by molar-refractivity contribution is 5.71. The predicted molar refractivity (Wildman–Crippen MR) is 302 cm³/mol. The van der Waals surface area contributed by atoms with E-state index in [0.29, 0.717) is 19.3 Å². The van der Waals surface area contributed by atoms with Crippen LogP contribution in [-0.2, 0) is 28.6 Å². The Morgan fingerprint density at radius 3 is 0.857 bits per heavy atom. The third-order valence-corrected chi connectivity index (χ3v) is 12.9. The minimum Gasteiger partial charge on any atom is -0.462 e. The van der Waals surface area contributed by atoms with Crippen LogP contribution >= 0.6 is 0 Å². The first-order valence-corrected chi connectivity index (χ1v) is 29.9. The Balaban J connectivity index is 4.34. The zero-order valence-corrected chi connectivity index (χ0v) is 46.3. The summed E-state index contributed by atoms with van der Waals surface area (Å²) < 4.78 is 16.9. The fraction of sp³-hybridized carbons (Fsp3) is 0.766. The van der Waals surface area contributed by atoms with E-state index in [2.05, 4.69) is 93.7 Å². The van der Waals surface area contributed by atoms with Gasteiger partial charge in [0.1, 0.15) is 13.2 Å². The molecule has 6 heteroatoms. The molecule has 0 amide bonds. The lowest BCUT2D eigenvalue weighted by atomic mass is 10.0. The maximum atomic E-state index is 12.9. The van der Waals surface area contributed by atoms with Crippen molar-refractivity contribution in [3.8, 4) is 0 Å². The van der Waals surface area contributed by atoms with Crippen LogP contribution in [-0.4, -0.2) is 37.2 Å². The van der Waals surface area contributed by atoms with E-state index in [1.807, 2.05) is 0 Å². The molecule has 404 valence electrons. The van der Waals surface area contributed by atoms with Crippen LogP contribution in [0.15, 0.2) is 72.9 Å². The number of rotatable bonds is 54. The van der Waals surface area contributed by atoms with Crippen LogP contribution in [0.2, 0.25) is 0 Å². The van der Waals surface area contributed by atoms with Crippen LogP contribution in [0.5, 0.6) is 0 Å². The number of esters is 3. The normalized spacial score (nSPS) is 12.6. The van der Waals surface area contributed by atoms with Crippen molar-refractivity contribution in [1.82, 2.24) is 0 Å². The van der Waals surface area contributed by atoms with Crippen molar-refractivity contribution in [2.45, 2.75) is 303 Å². The summed E-state index contributed by atoms with van der Waals surface area (Å²) in [6, 6.07) is 0. The van der Waals surface area contributed by atoms with E-state index in [1.165, 1.54) is 135 Å². The van der Waals surface area contributed by atoms with Gasteiger partial charge in [0, 0.05) is 19.3 Å². The average Bonchev–Trinajstić information content (AvgIpc) is 3.36. The first-order chi connectivity index (χ1) is 34.5. The molecule has 0 radical (unpaired) electrons. The number of carbonyl (C=O) groups excluding carboxylic acids is 3. The second-order valence-corrected chi connectivity index (χ2v) is 19.9. The second kappa shape index (κ2) is 58.4. The van der Waals surface area contributed by atoms with Gasteiger partial charge in [-0.1, -0.05) is 241 Å². The van der Waals surface area contributed by atoms with Gasteiger partial charge < -0.3 is 14.2 Å². The molecule has 0 spiro atoms. The second-order valence-electron chi connectivity index (χ2n) is 19.9.